The molecule has 0 aliphatic rings. The first-order valence-electron chi connectivity index (χ1n) is 6.26. The number of halogens is 1. The Morgan fingerprint density at radius 3 is 1.71 bits per heavy atom. The highest BCUT2D eigenvalue weighted by Crippen LogP contribution is 2.25. The van der Waals surface area contributed by atoms with Crippen LogP contribution in [0, 0.1) is 0 Å². The van der Waals surface area contributed by atoms with Gasteiger partial charge in [0.2, 0.25) is 0 Å². The average molecular weight is 305 g/mol. The normalized spacial score (nSPS) is 10.3. The van der Waals surface area contributed by atoms with Crippen LogP contribution in [0.1, 0.15) is 11.1 Å². The summed E-state index contributed by atoms with van der Waals surface area (Å²) in [6, 6.07) is 12.2. The molecule has 0 spiro atoms. The maximum Gasteiger partial charge on any atom is 0.307 e. The van der Waals surface area contributed by atoms with Crippen LogP contribution in [0.5, 0.6) is 0 Å². The van der Waals surface area contributed by atoms with Crippen molar-refractivity contribution in [3.8, 4) is 11.1 Å². The van der Waals surface area contributed by atoms with E-state index in [1.54, 1.807) is 30.3 Å². The molecule has 5 heteroatoms. The molecule has 108 valence electrons. The lowest BCUT2D eigenvalue weighted by Crippen LogP contribution is -2.04. The van der Waals surface area contributed by atoms with E-state index in [1.807, 2.05) is 12.1 Å². The van der Waals surface area contributed by atoms with Gasteiger partial charge in [-0.15, -0.1) is 0 Å². The lowest BCUT2D eigenvalue weighted by atomic mass is 9.97. The van der Waals surface area contributed by atoms with Gasteiger partial charge in [-0.2, -0.15) is 0 Å². The lowest BCUT2D eigenvalue weighted by Gasteiger charge is -2.08. The fourth-order valence-corrected chi connectivity index (χ4v) is 2.25. The van der Waals surface area contributed by atoms with E-state index in [1.165, 1.54) is 0 Å². The molecule has 0 radical (unpaired) electrons. The van der Waals surface area contributed by atoms with Gasteiger partial charge in [0.15, 0.2) is 0 Å². The molecule has 0 unspecified atom stereocenters. The Morgan fingerprint density at radius 2 is 1.29 bits per heavy atom. The van der Waals surface area contributed by atoms with Crippen molar-refractivity contribution in [1.82, 2.24) is 0 Å². The molecule has 0 aliphatic heterocycles. The Morgan fingerprint density at radius 1 is 0.810 bits per heavy atom. The zero-order chi connectivity index (χ0) is 15.4. The van der Waals surface area contributed by atoms with Gasteiger partial charge in [0.05, 0.1) is 12.8 Å². The second kappa shape index (κ2) is 6.41. The minimum atomic E-state index is -0.954. The maximum absolute atomic E-state index is 10.9. The lowest BCUT2D eigenvalue weighted by molar-refractivity contribution is -0.137. The van der Waals surface area contributed by atoms with Gasteiger partial charge in [-0.25, -0.2) is 0 Å². The van der Waals surface area contributed by atoms with Crippen LogP contribution >= 0.6 is 11.6 Å². The Hall–Kier alpha value is -2.33. The van der Waals surface area contributed by atoms with Gasteiger partial charge in [-0.05, 0) is 34.4 Å². The monoisotopic (exact) mass is 304 g/mol. The van der Waals surface area contributed by atoms with Crippen molar-refractivity contribution >= 4 is 23.5 Å². The number of hydrogen-bond acceptors (Lipinski definition) is 2. The first-order valence-corrected chi connectivity index (χ1v) is 6.64. The molecule has 4 nitrogen and oxygen atoms in total. The van der Waals surface area contributed by atoms with Crippen LogP contribution in [-0.2, 0) is 22.4 Å². The third-order valence-corrected chi connectivity index (χ3v) is 3.19. The summed E-state index contributed by atoms with van der Waals surface area (Å²) in [6.07, 6.45) is -0.290. The minimum absolute atomic E-state index is 0.145. The van der Waals surface area contributed by atoms with Gasteiger partial charge in [-0.3, -0.25) is 9.59 Å². The number of benzene rings is 2. The van der Waals surface area contributed by atoms with Crippen molar-refractivity contribution in [3.63, 3.8) is 0 Å². The molecule has 2 aromatic rings. The second-order valence-electron chi connectivity index (χ2n) is 4.69. The van der Waals surface area contributed by atoms with Crippen molar-refractivity contribution in [3.05, 3.63) is 58.6 Å². The molecule has 2 rings (SSSR count). The van der Waals surface area contributed by atoms with Gasteiger partial charge in [0.25, 0.3) is 0 Å². The van der Waals surface area contributed by atoms with Crippen molar-refractivity contribution in [2.45, 2.75) is 12.8 Å². The smallest absolute Gasteiger partial charge is 0.307 e. The summed E-state index contributed by atoms with van der Waals surface area (Å²) in [5.74, 6) is -1.91. The van der Waals surface area contributed by atoms with E-state index >= 15 is 0 Å². The number of carboxylic acid groups (broad SMARTS) is 2. The van der Waals surface area contributed by atoms with Gasteiger partial charge >= 0.3 is 11.9 Å². The van der Waals surface area contributed by atoms with Gasteiger partial charge < -0.3 is 10.2 Å². The number of hydrogen-bond donors (Lipinski definition) is 2. The largest absolute Gasteiger partial charge is 0.481 e. The highest BCUT2D eigenvalue weighted by atomic mass is 35.5. The van der Waals surface area contributed by atoms with E-state index in [4.69, 9.17) is 21.8 Å². The third-order valence-electron chi connectivity index (χ3n) is 2.94. The Bertz CT molecular complexity index is 643. The molecule has 0 aromatic heterocycles. The average Bonchev–Trinajstić information content (AvgIpc) is 2.37. The Balaban J connectivity index is 2.45. The van der Waals surface area contributed by atoms with E-state index in [0.717, 1.165) is 11.1 Å². The minimum Gasteiger partial charge on any atom is -0.481 e. The van der Waals surface area contributed by atoms with Crippen LogP contribution in [0.4, 0.5) is 0 Å². The molecule has 2 N–H and O–H groups in total. The van der Waals surface area contributed by atoms with Crippen LogP contribution in [0.25, 0.3) is 11.1 Å². The molecule has 0 saturated heterocycles. The molecular formula is C16H13ClO4. The summed E-state index contributed by atoms with van der Waals surface area (Å²) >= 11 is 5.84. The molecule has 2 aromatic carbocycles. The highest BCUT2D eigenvalue weighted by molar-refractivity contribution is 6.30. The fourth-order valence-electron chi connectivity index (χ4n) is 2.12. The van der Waals surface area contributed by atoms with Crippen molar-refractivity contribution in [1.29, 1.82) is 0 Å². The zero-order valence-corrected chi connectivity index (χ0v) is 11.8. The van der Waals surface area contributed by atoms with E-state index in [-0.39, 0.29) is 12.8 Å². The Labute approximate surface area is 126 Å². The molecule has 0 bridgehead atoms. The summed E-state index contributed by atoms with van der Waals surface area (Å²) < 4.78 is 0. The van der Waals surface area contributed by atoms with Crippen molar-refractivity contribution in [2.24, 2.45) is 0 Å². The number of aliphatic carboxylic acids is 2. The summed E-state index contributed by atoms with van der Waals surface area (Å²) in [4.78, 5) is 21.7. The summed E-state index contributed by atoms with van der Waals surface area (Å²) in [5.41, 5.74) is 2.79. The van der Waals surface area contributed by atoms with Gasteiger partial charge in [0, 0.05) is 5.02 Å². The fraction of sp³-hybridized carbons (Fsp3) is 0.125. The topological polar surface area (TPSA) is 74.6 Å². The standard InChI is InChI=1S/C16H13ClO4/c17-14-3-1-12(2-4-14)13-6-10(8-15(18)19)5-11(7-13)9-16(20)21/h1-7H,8-9H2,(H,18,19)(H,20,21). The van der Waals surface area contributed by atoms with E-state index < -0.39 is 11.9 Å². The predicted molar refractivity (Wildman–Crippen MR) is 79.6 cm³/mol. The summed E-state index contributed by atoms with van der Waals surface area (Å²) in [6.45, 7) is 0. The third kappa shape index (κ3) is 4.33. The quantitative estimate of drug-likeness (QED) is 0.889. The highest BCUT2D eigenvalue weighted by Gasteiger charge is 2.09. The molecular weight excluding hydrogens is 292 g/mol. The Kier molecular flexibility index (Phi) is 4.60. The molecule has 0 heterocycles. The van der Waals surface area contributed by atoms with Crippen LogP contribution in [0.3, 0.4) is 0 Å². The predicted octanol–water partition coefficient (Wildman–Crippen LogP) is 3.26. The van der Waals surface area contributed by atoms with E-state index in [0.29, 0.717) is 16.1 Å². The summed E-state index contributed by atoms with van der Waals surface area (Å²) in [7, 11) is 0. The van der Waals surface area contributed by atoms with Crippen molar-refractivity contribution in [2.75, 3.05) is 0 Å². The molecule has 0 aliphatic carbocycles. The number of carbonyl (C=O) groups is 2. The molecule has 0 atom stereocenters. The van der Waals surface area contributed by atoms with Gasteiger partial charge in [-0.1, -0.05) is 41.9 Å². The van der Waals surface area contributed by atoms with E-state index in [9.17, 15) is 9.59 Å². The first kappa shape index (κ1) is 15.1. The second-order valence-corrected chi connectivity index (χ2v) is 5.12. The number of rotatable bonds is 5. The van der Waals surface area contributed by atoms with Crippen LogP contribution in [0.2, 0.25) is 5.02 Å². The molecule has 0 saturated carbocycles. The number of carboxylic acids is 2. The molecule has 21 heavy (non-hydrogen) atoms. The van der Waals surface area contributed by atoms with Crippen molar-refractivity contribution < 1.29 is 19.8 Å². The van der Waals surface area contributed by atoms with E-state index in [2.05, 4.69) is 0 Å². The SMILES string of the molecule is O=C(O)Cc1cc(CC(=O)O)cc(-c2ccc(Cl)cc2)c1. The summed E-state index contributed by atoms with van der Waals surface area (Å²) in [5, 5.41) is 18.4. The van der Waals surface area contributed by atoms with Crippen LogP contribution in [-0.4, -0.2) is 22.2 Å². The zero-order valence-electron chi connectivity index (χ0n) is 11.0. The van der Waals surface area contributed by atoms with Crippen LogP contribution in [0.15, 0.2) is 42.5 Å². The van der Waals surface area contributed by atoms with Gasteiger partial charge in [0.1, 0.15) is 0 Å². The maximum atomic E-state index is 10.9. The first-order chi connectivity index (χ1) is 9.94. The van der Waals surface area contributed by atoms with Crippen LogP contribution < -0.4 is 0 Å². The molecule has 0 fully saturated rings. The molecule has 0 amide bonds.